The van der Waals surface area contributed by atoms with Crippen molar-refractivity contribution >= 4 is 28.1 Å². The molecule has 132 valence electrons. The Morgan fingerprint density at radius 3 is 2.69 bits per heavy atom. The van der Waals surface area contributed by atoms with Crippen LogP contribution in [0.2, 0.25) is 0 Å². The van der Waals surface area contributed by atoms with Gasteiger partial charge in [0.2, 0.25) is 0 Å². The third-order valence-electron chi connectivity index (χ3n) is 4.20. The number of pyridine rings is 1. The molecule has 0 saturated heterocycles. The van der Waals surface area contributed by atoms with Gasteiger partial charge in [0.1, 0.15) is 0 Å². The minimum Gasteiger partial charge on any atom is -0.379 e. The molecule has 1 unspecified atom stereocenters. The van der Waals surface area contributed by atoms with Gasteiger partial charge in [0.15, 0.2) is 0 Å². The first-order valence-corrected chi connectivity index (χ1v) is 8.49. The van der Waals surface area contributed by atoms with Gasteiger partial charge in [-0.3, -0.25) is 9.78 Å². The molecule has 0 aliphatic heterocycles. The lowest BCUT2D eigenvalue weighted by molar-refractivity contribution is 0.102. The molecular formula is C21H22N4O. The van der Waals surface area contributed by atoms with Gasteiger partial charge in [0.05, 0.1) is 17.6 Å². The van der Waals surface area contributed by atoms with Crippen molar-refractivity contribution in [3.05, 3.63) is 78.6 Å². The average Bonchev–Trinajstić information content (AvgIpc) is 2.66. The van der Waals surface area contributed by atoms with Gasteiger partial charge >= 0.3 is 0 Å². The summed E-state index contributed by atoms with van der Waals surface area (Å²) in [5, 5.41) is 8.02. The van der Waals surface area contributed by atoms with Gasteiger partial charge in [-0.15, -0.1) is 6.58 Å². The fourth-order valence-corrected chi connectivity index (χ4v) is 2.93. The minimum atomic E-state index is -0.176. The summed E-state index contributed by atoms with van der Waals surface area (Å²) in [5.74, 6) is -0.176. The SMILES string of the molecule is C=CCNc1cnccc1NC(=O)c1ccc(C(C)N)c2ccccc12. The molecule has 1 aromatic heterocycles. The van der Waals surface area contributed by atoms with E-state index in [2.05, 4.69) is 22.2 Å². The molecule has 1 atom stereocenters. The first-order valence-electron chi connectivity index (χ1n) is 8.49. The molecule has 2 aromatic carbocycles. The Morgan fingerprint density at radius 2 is 1.96 bits per heavy atom. The Morgan fingerprint density at radius 1 is 1.19 bits per heavy atom. The summed E-state index contributed by atoms with van der Waals surface area (Å²) in [6, 6.07) is 13.2. The van der Waals surface area contributed by atoms with Crippen LogP contribution in [0.3, 0.4) is 0 Å². The summed E-state index contributed by atoms with van der Waals surface area (Å²) in [7, 11) is 0. The van der Waals surface area contributed by atoms with Crippen molar-refractivity contribution in [3.63, 3.8) is 0 Å². The van der Waals surface area contributed by atoms with E-state index in [0.29, 0.717) is 17.8 Å². The maximum Gasteiger partial charge on any atom is 0.256 e. The van der Waals surface area contributed by atoms with Gasteiger partial charge in [0.25, 0.3) is 5.91 Å². The van der Waals surface area contributed by atoms with Crippen LogP contribution < -0.4 is 16.4 Å². The molecule has 5 nitrogen and oxygen atoms in total. The number of rotatable bonds is 6. The van der Waals surface area contributed by atoms with Crippen LogP contribution in [0.1, 0.15) is 28.9 Å². The number of nitrogens with one attached hydrogen (secondary N) is 2. The number of anilines is 2. The standard InChI is InChI=1S/C21H22N4O/c1-3-11-24-20-13-23-12-10-19(20)25-21(26)18-9-8-15(14(2)22)16-6-4-5-7-17(16)18/h3-10,12-14,24H,1,11,22H2,2H3,(H,23,25,26). The maximum absolute atomic E-state index is 12.9. The largest absolute Gasteiger partial charge is 0.379 e. The zero-order chi connectivity index (χ0) is 18.5. The van der Waals surface area contributed by atoms with Crippen LogP contribution >= 0.6 is 0 Å². The molecule has 0 saturated carbocycles. The number of fused-ring (bicyclic) bond motifs is 1. The van der Waals surface area contributed by atoms with E-state index in [1.165, 1.54) is 0 Å². The van der Waals surface area contributed by atoms with Crippen LogP contribution in [0.15, 0.2) is 67.5 Å². The number of benzene rings is 2. The molecule has 0 radical (unpaired) electrons. The highest BCUT2D eigenvalue weighted by atomic mass is 16.1. The Hall–Kier alpha value is -3.18. The second-order valence-electron chi connectivity index (χ2n) is 6.08. The highest BCUT2D eigenvalue weighted by Crippen LogP contribution is 2.28. The summed E-state index contributed by atoms with van der Waals surface area (Å²) >= 11 is 0. The van der Waals surface area contributed by atoms with Crippen molar-refractivity contribution in [2.45, 2.75) is 13.0 Å². The van der Waals surface area contributed by atoms with Crippen molar-refractivity contribution in [1.29, 1.82) is 0 Å². The topological polar surface area (TPSA) is 80.0 Å². The normalized spacial score (nSPS) is 11.8. The zero-order valence-corrected chi connectivity index (χ0v) is 14.7. The smallest absolute Gasteiger partial charge is 0.256 e. The molecule has 4 N–H and O–H groups in total. The van der Waals surface area contributed by atoms with Crippen LogP contribution in [0.4, 0.5) is 11.4 Å². The highest BCUT2D eigenvalue weighted by molar-refractivity contribution is 6.14. The number of nitrogens with two attached hydrogens (primary N) is 1. The fourth-order valence-electron chi connectivity index (χ4n) is 2.93. The lowest BCUT2D eigenvalue weighted by Gasteiger charge is -2.15. The molecule has 0 fully saturated rings. The summed E-state index contributed by atoms with van der Waals surface area (Å²) in [6.45, 7) is 6.21. The van der Waals surface area contributed by atoms with Crippen LogP contribution in [-0.4, -0.2) is 17.4 Å². The molecule has 26 heavy (non-hydrogen) atoms. The van der Waals surface area contributed by atoms with E-state index in [0.717, 1.165) is 22.0 Å². The number of aromatic nitrogens is 1. The third-order valence-corrected chi connectivity index (χ3v) is 4.20. The summed E-state index contributed by atoms with van der Waals surface area (Å²) in [6.07, 6.45) is 5.07. The van der Waals surface area contributed by atoms with Gasteiger partial charge in [0, 0.05) is 24.3 Å². The predicted molar refractivity (Wildman–Crippen MR) is 107 cm³/mol. The Bertz CT molecular complexity index is 950. The van der Waals surface area contributed by atoms with E-state index in [-0.39, 0.29) is 11.9 Å². The summed E-state index contributed by atoms with van der Waals surface area (Å²) in [5.41, 5.74) is 9.12. The van der Waals surface area contributed by atoms with Crippen molar-refractivity contribution < 1.29 is 4.79 Å². The van der Waals surface area contributed by atoms with Gasteiger partial charge in [-0.05, 0) is 35.4 Å². The monoisotopic (exact) mass is 346 g/mol. The Balaban J connectivity index is 1.97. The molecule has 0 aliphatic rings. The highest BCUT2D eigenvalue weighted by Gasteiger charge is 2.15. The molecule has 0 aliphatic carbocycles. The third kappa shape index (κ3) is 3.58. The van der Waals surface area contributed by atoms with Crippen LogP contribution in [-0.2, 0) is 0 Å². The lowest BCUT2D eigenvalue weighted by atomic mass is 9.96. The first kappa shape index (κ1) is 17.6. The number of nitrogens with zero attached hydrogens (tertiary/aromatic N) is 1. The number of hydrogen-bond donors (Lipinski definition) is 3. The molecule has 1 amide bonds. The second-order valence-corrected chi connectivity index (χ2v) is 6.08. The second kappa shape index (κ2) is 7.80. The molecule has 0 bridgehead atoms. The van der Waals surface area contributed by atoms with E-state index in [4.69, 9.17) is 5.73 Å². The van der Waals surface area contributed by atoms with Crippen molar-refractivity contribution in [3.8, 4) is 0 Å². The van der Waals surface area contributed by atoms with Crippen LogP contribution in [0.5, 0.6) is 0 Å². The van der Waals surface area contributed by atoms with Gasteiger partial charge in [-0.1, -0.05) is 36.4 Å². The van der Waals surface area contributed by atoms with E-state index in [1.54, 1.807) is 24.5 Å². The zero-order valence-electron chi connectivity index (χ0n) is 14.7. The minimum absolute atomic E-state index is 0.105. The van der Waals surface area contributed by atoms with Gasteiger partial charge in [-0.25, -0.2) is 0 Å². The number of hydrogen-bond acceptors (Lipinski definition) is 4. The number of amides is 1. The molecule has 1 heterocycles. The molecule has 0 spiro atoms. The number of carbonyl (C=O) groups excluding carboxylic acids is 1. The molecule has 3 rings (SSSR count). The average molecular weight is 346 g/mol. The Labute approximate surface area is 152 Å². The van der Waals surface area contributed by atoms with Crippen molar-refractivity contribution in [2.24, 2.45) is 5.73 Å². The van der Waals surface area contributed by atoms with Gasteiger partial charge < -0.3 is 16.4 Å². The first-order chi connectivity index (χ1) is 12.6. The summed E-state index contributed by atoms with van der Waals surface area (Å²) in [4.78, 5) is 17.0. The Kier molecular flexibility index (Phi) is 5.29. The van der Waals surface area contributed by atoms with Gasteiger partial charge in [-0.2, -0.15) is 0 Å². The molecular weight excluding hydrogens is 324 g/mol. The molecule has 3 aromatic rings. The van der Waals surface area contributed by atoms with Crippen molar-refractivity contribution in [2.75, 3.05) is 17.2 Å². The fraction of sp³-hybridized carbons (Fsp3) is 0.143. The summed E-state index contributed by atoms with van der Waals surface area (Å²) < 4.78 is 0. The molecule has 5 heteroatoms. The number of carbonyl (C=O) groups is 1. The van der Waals surface area contributed by atoms with E-state index < -0.39 is 0 Å². The maximum atomic E-state index is 12.9. The lowest BCUT2D eigenvalue weighted by Crippen LogP contribution is -2.15. The predicted octanol–water partition coefficient (Wildman–Crippen LogP) is 4.10. The van der Waals surface area contributed by atoms with Crippen LogP contribution in [0, 0.1) is 0 Å². The quantitative estimate of drug-likeness (QED) is 0.587. The van der Waals surface area contributed by atoms with Crippen LogP contribution in [0.25, 0.3) is 10.8 Å². The van der Waals surface area contributed by atoms with E-state index in [9.17, 15) is 4.79 Å². The van der Waals surface area contributed by atoms with E-state index >= 15 is 0 Å². The van der Waals surface area contributed by atoms with Crippen molar-refractivity contribution in [1.82, 2.24) is 4.98 Å². The van der Waals surface area contributed by atoms with E-state index in [1.807, 2.05) is 43.3 Å².